The van der Waals surface area contributed by atoms with Gasteiger partial charge < -0.3 is 39.3 Å². The van der Waals surface area contributed by atoms with Gasteiger partial charge in [0.05, 0.1) is 36.2 Å². The maximum absolute atomic E-state index is 14.4. The van der Waals surface area contributed by atoms with E-state index >= 15 is 0 Å². The summed E-state index contributed by atoms with van der Waals surface area (Å²) in [7, 11) is 3.87. The highest BCUT2D eigenvalue weighted by molar-refractivity contribution is 6.36. The molecule has 0 saturated carbocycles. The molecular formula is C47H63Cl2N5O8. The number of halogens is 2. The van der Waals surface area contributed by atoms with Crippen molar-refractivity contribution in [3.63, 3.8) is 0 Å². The molecule has 2 amide bonds. The van der Waals surface area contributed by atoms with Gasteiger partial charge in [-0.15, -0.1) is 0 Å². The maximum Gasteiger partial charge on any atom is 0.410 e. The smallest absolute Gasteiger partial charge is 0.410 e. The molecule has 2 N–H and O–H groups in total. The summed E-state index contributed by atoms with van der Waals surface area (Å²) in [5.41, 5.74) is -0.442. The van der Waals surface area contributed by atoms with Crippen LogP contribution in [0, 0.1) is 0 Å². The van der Waals surface area contributed by atoms with E-state index in [1.54, 1.807) is 39.9 Å². The van der Waals surface area contributed by atoms with E-state index in [1.165, 1.54) is 19.8 Å². The summed E-state index contributed by atoms with van der Waals surface area (Å²) in [4.78, 5) is 64.3. The summed E-state index contributed by atoms with van der Waals surface area (Å²) >= 11 is 13.7. The molecule has 3 saturated heterocycles. The Kier molecular flexibility index (Phi) is 15.1. The fraction of sp³-hybridized carbons (Fsp3) is 0.574. The van der Waals surface area contributed by atoms with Gasteiger partial charge in [-0.05, 0) is 103 Å². The Morgan fingerprint density at radius 2 is 1.40 bits per heavy atom. The first-order chi connectivity index (χ1) is 29.3. The third-order valence-electron chi connectivity index (χ3n) is 13.4. The normalized spacial score (nSPS) is 23.5. The number of piperidine rings is 1. The van der Waals surface area contributed by atoms with Crippen LogP contribution in [-0.4, -0.2) is 142 Å². The first-order valence-electron chi connectivity index (χ1n) is 21.8. The number of carboxylic acid groups (broad SMARTS) is 2. The Balaban J connectivity index is 1.26. The van der Waals surface area contributed by atoms with Crippen molar-refractivity contribution in [1.29, 1.82) is 0 Å². The van der Waals surface area contributed by atoms with Crippen molar-refractivity contribution >= 4 is 47.1 Å². The molecule has 2 aromatic carbocycles. The lowest BCUT2D eigenvalue weighted by atomic mass is 9.66. The SMILES string of the molecule is CCN(CCOCc1ccccc1CCC1=C(C(=O)O)C(C)(c2c(Cl)cccc2Cl)C(C(=O)O)=C(CC(=O)N2CCN(C3CC4CCC(C3)N4C)CC2)N1C)C(=O)OC(C)(C)C. The van der Waals surface area contributed by atoms with Gasteiger partial charge in [-0.3, -0.25) is 9.69 Å². The summed E-state index contributed by atoms with van der Waals surface area (Å²) in [6, 6.07) is 14.1. The standard InChI is InChI=1S/C47H63Cl2N5O8/c1-8-52(45(60)62-46(2,3)4)24-25-61-29-31-13-10-9-12-30(31)16-19-37-41(43(56)57)47(5,40-35(48)14-11-15-36(40)49)42(44(58)59)38(51(37)7)28-39(55)54-22-20-53(21-23-54)34-26-32-17-18-33(27-34)50(32)6/h9-15,32-34H,8,16-29H2,1-7H3,(H,56,57)(H,58,59). The van der Waals surface area contributed by atoms with Crippen LogP contribution in [0.25, 0.3) is 0 Å². The Morgan fingerprint density at radius 1 is 0.823 bits per heavy atom. The minimum atomic E-state index is -1.85. The van der Waals surface area contributed by atoms with E-state index in [9.17, 15) is 29.4 Å². The summed E-state index contributed by atoms with van der Waals surface area (Å²) < 4.78 is 11.6. The van der Waals surface area contributed by atoms with Crippen LogP contribution in [0.2, 0.25) is 10.0 Å². The van der Waals surface area contributed by atoms with Crippen LogP contribution < -0.4 is 0 Å². The molecule has 0 aromatic heterocycles. The van der Waals surface area contributed by atoms with Gasteiger partial charge >= 0.3 is 18.0 Å². The van der Waals surface area contributed by atoms with Crippen molar-refractivity contribution < 1.29 is 38.9 Å². The predicted molar refractivity (Wildman–Crippen MR) is 239 cm³/mol. The molecule has 0 radical (unpaired) electrons. The highest BCUT2D eigenvalue weighted by atomic mass is 35.5. The Morgan fingerprint density at radius 3 is 1.97 bits per heavy atom. The topological polar surface area (TPSA) is 143 Å². The third kappa shape index (κ3) is 10.1. The van der Waals surface area contributed by atoms with Crippen LogP contribution in [0.5, 0.6) is 0 Å². The number of carboxylic acids is 2. The molecule has 4 heterocycles. The molecule has 3 atom stereocenters. The zero-order valence-corrected chi connectivity index (χ0v) is 38.7. The molecule has 3 unspecified atom stereocenters. The van der Waals surface area contributed by atoms with E-state index in [1.807, 2.05) is 52.0 Å². The number of hydrogen-bond donors (Lipinski definition) is 2. The molecule has 6 rings (SSSR count). The van der Waals surface area contributed by atoms with E-state index < -0.39 is 29.0 Å². The third-order valence-corrected chi connectivity index (χ3v) is 14.0. The number of benzene rings is 2. The lowest BCUT2D eigenvalue weighted by Gasteiger charge is -2.46. The number of fused-ring (bicyclic) bond motifs is 2. The van der Waals surface area contributed by atoms with E-state index in [0.29, 0.717) is 56.4 Å². The number of hydrogen-bond acceptors (Lipinski definition) is 9. The largest absolute Gasteiger partial charge is 0.478 e. The van der Waals surface area contributed by atoms with Crippen molar-refractivity contribution in [3.05, 3.63) is 91.7 Å². The predicted octanol–water partition coefficient (Wildman–Crippen LogP) is 7.44. The van der Waals surface area contributed by atoms with Crippen LogP contribution in [-0.2, 0) is 42.3 Å². The van der Waals surface area contributed by atoms with Gasteiger partial charge in [0, 0.05) is 91.4 Å². The number of aliphatic carboxylic acids is 2. The highest BCUT2D eigenvalue weighted by Gasteiger charge is 2.52. The van der Waals surface area contributed by atoms with Gasteiger partial charge in [0.15, 0.2) is 0 Å². The number of ether oxygens (including phenoxy) is 2. The van der Waals surface area contributed by atoms with Crippen LogP contribution >= 0.6 is 23.2 Å². The van der Waals surface area contributed by atoms with Gasteiger partial charge in [-0.25, -0.2) is 14.4 Å². The Hall–Kier alpha value is -4.14. The zero-order valence-electron chi connectivity index (χ0n) is 37.2. The van der Waals surface area contributed by atoms with Crippen molar-refractivity contribution in [3.8, 4) is 0 Å². The zero-order chi connectivity index (χ0) is 45.1. The van der Waals surface area contributed by atoms with Gasteiger partial charge in [-0.1, -0.05) is 53.5 Å². The van der Waals surface area contributed by atoms with E-state index in [0.717, 1.165) is 37.1 Å². The van der Waals surface area contributed by atoms with E-state index in [2.05, 4.69) is 16.8 Å². The first-order valence-corrected chi connectivity index (χ1v) is 22.6. The number of rotatable bonds is 15. The molecule has 4 aliphatic rings. The lowest BCUT2D eigenvalue weighted by molar-refractivity contribution is -0.134. The number of allylic oxidation sites excluding steroid dienone is 1. The minimum Gasteiger partial charge on any atom is -0.478 e. The van der Waals surface area contributed by atoms with Gasteiger partial charge in [-0.2, -0.15) is 0 Å². The molecule has 338 valence electrons. The van der Waals surface area contributed by atoms with Crippen LogP contribution in [0.4, 0.5) is 4.79 Å². The Labute approximate surface area is 376 Å². The molecule has 0 spiro atoms. The molecule has 13 nitrogen and oxygen atoms in total. The monoisotopic (exact) mass is 895 g/mol. The number of carbonyl (C=O) groups excluding carboxylic acids is 2. The number of carbonyl (C=O) groups is 4. The number of nitrogens with zero attached hydrogens (tertiary/aromatic N) is 5. The second-order valence-electron chi connectivity index (χ2n) is 18.2. The molecule has 0 aliphatic carbocycles. The maximum atomic E-state index is 14.4. The fourth-order valence-corrected chi connectivity index (χ4v) is 10.9. The fourth-order valence-electron chi connectivity index (χ4n) is 10.1. The average molecular weight is 897 g/mol. The van der Waals surface area contributed by atoms with E-state index in [-0.39, 0.29) is 64.4 Å². The van der Waals surface area contributed by atoms with Gasteiger partial charge in [0.25, 0.3) is 0 Å². The highest BCUT2D eigenvalue weighted by Crippen LogP contribution is 2.52. The molecular weight excluding hydrogens is 833 g/mol. The molecule has 4 aliphatic heterocycles. The van der Waals surface area contributed by atoms with Crippen LogP contribution in [0.15, 0.2) is 65.0 Å². The molecule has 15 heteroatoms. The molecule has 3 fully saturated rings. The summed E-state index contributed by atoms with van der Waals surface area (Å²) in [5.74, 6) is -2.92. The van der Waals surface area contributed by atoms with Crippen molar-refractivity contribution in [2.45, 2.75) is 115 Å². The molecule has 2 aromatic rings. The number of amides is 2. The summed E-state index contributed by atoms with van der Waals surface area (Å²) in [6.45, 7) is 12.7. The summed E-state index contributed by atoms with van der Waals surface area (Å²) in [6.07, 6.45) is 4.62. The first kappa shape index (κ1) is 47.3. The van der Waals surface area contributed by atoms with Crippen molar-refractivity contribution in [2.75, 3.05) is 60.0 Å². The minimum absolute atomic E-state index is 0.112. The number of piperazine rings is 1. The van der Waals surface area contributed by atoms with Gasteiger partial charge in [0.1, 0.15) is 5.60 Å². The van der Waals surface area contributed by atoms with E-state index in [4.69, 9.17) is 32.7 Å². The van der Waals surface area contributed by atoms with Gasteiger partial charge in [0.2, 0.25) is 5.91 Å². The lowest BCUT2D eigenvalue weighted by Crippen LogP contribution is -2.56. The molecule has 2 bridgehead atoms. The van der Waals surface area contributed by atoms with Crippen LogP contribution in [0.1, 0.15) is 89.8 Å². The quantitative estimate of drug-likeness (QED) is 0.172. The second-order valence-corrected chi connectivity index (χ2v) is 19.0. The van der Waals surface area contributed by atoms with Crippen molar-refractivity contribution in [1.82, 2.24) is 24.5 Å². The summed E-state index contributed by atoms with van der Waals surface area (Å²) in [5, 5.41) is 22.4. The van der Waals surface area contributed by atoms with Crippen molar-refractivity contribution in [2.24, 2.45) is 0 Å². The van der Waals surface area contributed by atoms with Crippen LogP contribution in [0.3, 0.4) is 0 Å². The average Bonchev–Trinajstić information content (AvgIpc) is 3.39. The Bertz CT molecular complexity index is 2040. The number of aryl methyl sites for hydroxylation is 1. The molecule has 62 heavy (non-hydrogen) atoms. The second kappa shape index (κ2) is 19.7. The number of likely N-dealkylation sites (N-methyl/N-ethyl adjacent to an activating group) is 1.